The normalized spacial score (nSPS) is 10.9. The van der Waals surface area contributed by atoms with E-state index in [4.69, 9.17) is 16.0 Å². The molecule has 1 aromatic heterocycles. The summed E-state index contributed by atoms with van der Waals surface area (Å²) in [6.45, 7) is 2.07. The van der Waals surface area contributed by atoms with E-state index in [-0.39, 0.29) is 17.5 Å². The molecule has 1 heterocycles. The second-order valence-electron chi connectivity index (χ2n) is 6.34. The highest BCUT2D eigenvalue weighted by atomic mass is 35.5. The van der Waals surface area contributed by atoms with Gasteiger partial charge in [-0.1, -0.05) is 36.7 Å². The van der Waals surface area contributed by atoms with Gasteiger partial charge in [-0.05, 0) is 54.4 Å². The molecule has 0 spiro atoms. The largest absolute Gasteiger partial charge is 0.507 e. The summed E-state index contributed by atoms with van der Waals surface area (Å²) < 4.78 is 5.79. The minimum atomic E-state index is -0.340. The van der Waals surface area contributed by atoms with Crippen molar-refractivity contribution in [1.82, 2.24) is 4.98 Å². The van der Waals surface area contributed by atoms with Gasteiger partial charge in [0.15, 0.2) is 5.58 Å². The summed E-state index contributed by atoms with van der Waals surface area (Å²) in [6.07, 6.45) is 0.896. The van der Waals surface area contributed by atoms with Crippen LogP contribution in [0.2, 0.25) is 5.02 Å². The molecule has 0 saturated heterocycles. The number of carbonyl (C=O) groups is 1. The Morgan fingerprint density at radius 3 is 2.75 bits per heavy atom. The van der Waals surface area contributed by atoms with Crippen molar-refractivity contribution in [2.75, 3.05) is 5.32 Å². The minimum Gasteiger partial charge on any atom is -0.507 e. The number of phenols is 1. The second-order valence-corrected chi connectivity index (χ2v) is 6.75. The molecule has 3 aromatic carbocycles. The lowest BCUT2D eigenvalue weighted by atomic mass is 10.1. The Morgan fingerprint density at radius 1 is 1.14 bits per heavy atom. The number of fused-ring (bicyclic) bond motifs is 1. The molecule has 4 aromatic rings. The summed E-state index contributed by atoms with van der Waals surface area (Å²) in [6, 6.07) is 17.3. The molecule has 2 N–H and O–H groups in total. The summed E-state index contributed by atoms with van der Waals surface area (Å²) in [5, 5.41) is 13.4. The van der Waals surface area contributed by atoms with E-state index >= 15 is 0 Å². The van der Waals surface area contributed by atoms with Crippen LogP contribution in [-0.4, -0.2) is 16.0 Å². The predicted octanol–water partition coefficient (Wildman–Crippen LogP) is 5.67. The fourth-order valence-electron chi connectivity index (χ4n) is 2.94. The van der Waals surface area contributed by atoms with Crippen LogP contribution in [0.5, 0.6) is 5.75 Å². The van der Waals surface area contributed by atoms with Gasteiger partial charge in [-0.2, -0.15) is 0 Å². The van der Waals surface area contributed by atoms with Crippen molar-refractivity contribution >= 4 is 34.3 Å². The number of benzene rings is 3. The zero-order valence-corrected chi connectivity index (χ0v) is 15.8. The third kappa shape index (κ3) is 3.44. The number of anilines is 1. The van der Waals surface area contributed by atoms with Gasteiger partial charge in [-0.3, -0.25) is 4.79 Å². The Kier molecular flexibility index (Phi) is 4.75. The van der Waals surface area contributed by atoms with Crippen LogP contribution in [0.3, 0.4) is 0 Å². The average molecular weight is 393 g/mol. The third-order valence-corrected chi connectivity index (χ3v) is 4.79. The van der Waals surface area contributed by atoms with E-state index in [9.17, 15) is 9.90 Å². The molecule has 0 aliphatic carbocycles. The van der Waals surface area contributed by atoms with E-state index < -0.39 is 0 Å². The van der Waals surface area contributed by atoms with Crippen molar-refractivity contribution in [2.24, 2.45) is 0 Å². The van der Waals surface area contributed by atoms with Gasteiger partial charge in [-0.25, -0.2) is 4.98 Å². The fraction of sp³-hybridized carbons (Fsp3) is 0.0909. The topological polar surface area (TPSA) is 75.4 Å². The molecule has 0 unspecified atom stereocenters. The predicted molar refractivity (Wildman–Crippen MR) is 110 cm³/mol. The highest BCUT2D eigenvalue weighted by Crippen LogP contribution is 2.33. The first kappa shape index (κ1) is 18.1. The van der Waals surface area contributed by atoms with Crippen molar-refractivity contribution in [3.05, 3.63) is 76.8 Å². The van der Waals surface area contributed by atoms with E-state index in [1.165, 1.54) is 6.07 Å². The van der Waals surface area contributed by atoms with Gasteiger partial charge in [0.1, 0.15) is 11.3 Å². The summed E-state index contributed by atoms with van der Waals surface area (Å²) in [4.78, 5) is 17.0. The lowest BCUT2D eigenvalue weighted by Crippen LogP contribution is -2.12. The Balaban J connectivity index is 1.68. The van der Waals surface area contributed by atoms with Crippen LogP contribution in [-0.2, 0) is 6.42 Å². The SMILES string of the molecule is CCc1ccc2oc(-c3cc(NC(=O)c4ccccc4Cl)ccc3O)nc2c1. The maximum Gasteiger partial charge on any atom is 0.257 e. The second kappa shape index (κ2) is 7.37. The first-order valence-corrected chi connectivity index (χ1v) is 9.21. The molecule has 1 amide bonds. The molecule has 4 rings (SSSR count). The van der Waals surface area contributed by atoms with Crippen molar-refractivity contribution < 1.29 is 14.3 Å². The molecule has 0 saturated carbocycles. The van der Waals surface area contributed by atoms with Crippen LogP contribution >= 0.6 is 11.6 Å². The van der Waals surface area contributed by atoms with Gasteiger partial charge in [0.25, 0.3) is 5.91 Å². The number of halogens is 1. The zero-order chi connectivity index (χ0) is 19.7. The zero-order valence-electron chi connectivity index (χ0n) is 15.1. The van der Waals surface area contributed by atoms with Crippen LogP contribution in [0.1, 0.15) is 22.8 Å². The quantitative estimate of drug-likeness (QED) is 0.439. The molecule has 0 fully saturated rings. The fourth-order valence-corrected chi connectivity index (χ4v) is 3.16. The van der Waals surface area contributed by atoms with Crippen molar-refractivity contribution in [3.8, 4) is 17.2 Å². The number of aromatic nitrogens is 1. The van der Waals surface area contributed by atoms with Crippen LogP contribution in [0.15, 0.2) is 65.1 Å². The van der Waals surface area contributed by atoms with Gasteiger partial charge in [0.2, 0.25) is 5.89 Å². The molecule has 0 aliphatic heterocycles. The summed E-state index contributed by atoms with van der Waals surface area (Å²) in [5.41, 5.74) is 3.77. The van der Waals surface area contributed by atoms with E-state index in [1.807, 2.05) is 18.2 Å². The van der Waals surface area contributed by atoms with Crippen LogP contribution in [0.4, 0.5) is 5.69 Å². The monoisotopic (exact) mass is 392 g/mol. The molecule has 0 radical (unpaired) electrons. The summed E-state index contributed by atoms with van der Waals surface area (Å²) in [7, 11) is 0. The van der Waals surface area contributed by atoms with Gasteiger partial charge in [-0.15, -0.1) is 0 Å². The Morgan fingerprint density at radius 2 is 1.96 bits per heavy atom. The number of phenolic OH excluding ortho intramolecular Hbond substituents is 1. The number of hydrogen-bond acceptors (Lipinski definition) is 4. The maximum atomic E-state index is 12.5. The Hall–Kier alpha value is -3.31. The molecule has 0 aliphatic rings. The van der Waals surface area contributed by atoms with Crippen LogP contribution in [0.25, 0.3) is 22.6 Å². The highest BCUT2D eigenvalue weighted by Gasteiger charge is 2.15. The number of aromatic hydroxyl groups is 1. The highest BCUT2D eigenvalue weighted by molar-refractivity contribution is 6.34. The minimum absolute atomic E-state index is 0.0120. The van der Waals surface area contributed by atoms with E-state index in [0.29, 0.717) is 27.4 Å². The molecule has 28 heavy (non-hydrogen) atoms. The van der Waals surface area contributed by atoms with Crippen LogP contribution < -0.4 is 5.32 Å². The summed E-state index contributed by atoms with van der Waals surface area (Å²) in [5.74, 6) is -0.0417. The van der Waals surface area contributed by atoms with Crippen molar-refractivity contribution in [2.45, 2.75) is 13.3 Å². The molecule has 5 nitrogen and oxygen atoms in total. The number of carbonyl (C=O) groups excluding carboxylic acids is 1. The molecule has 6 heteroatoms. The first-order valence-electron chi connectivity index (χ1n) is 8.84. The molecule has 0 bridgehead atoms. The third-order valence-electron chi connectivity index (χ3n) is 4.46. The first-order chi connectivity index (χ1) is 13.5. The maximum absolute atomic E-state index is 12.5. The summed E-state index contributed by atoms with van der Waals surface area (Å²) >= 11 is 6.08. The number of oxazole rings is 1. The Labute approximate surface area is 166 Å². The number of aryl methyl sites for hydroxylation is 1. The van der Waals surface area contributed by atoms with Gasteiger partial charge in [0.05, 0.1) is 16.1 Å². The Bertz CT molecular complexity index is 1180. The molecule has 140 valence electrons. The lowest BCUT2D eigenvalue weighted by molar-refractivity contribution is 0.102. The van der Waals surface area contributed by atoms with Gasteiger partial charge >= 0.3 is 0 Å². The van der Waals surface area contributed by atoms with Crippen molar-refractivity contribution in [1.29, 1.82) is 0 Å². The number of nitrogens with zero attached hydrogens (tertiary/aromatic N) is 1. The molecular formula is C22H17ClN2O3. The van der Waals surface area contributed by atoms with Gasteiger partial charge in [0, 0.05) is 5.69 Å². The van der Waals surface area contributed by atoms with Crippen molar-refractivity contribution in [3.63, 3.8) is 0 Å². The smallest absolute Gasteiger partial charge is 0.257 e. The van der Waals surface area contributed by atoms with Crippen LogP contribution in [0, 0.1) is 0 Å². The number of amides is 1. The van der Waals surface area contributed by atoms with E-state index in [2.05, 4.69) is 17.2 Å². The molecular weight excluding hydrogens is 376 g/mol. The average Bonchev–Trinajstić information content (AvgIpc) is 3.12. The number of rotatable bonds is 4. The van der Waals surface area contributed by atoms with Gasteiger partial charge < -0.3 is 14.8 Å². The van der Waals surface area contributed by atoms with E-state index in [1.54, 1.807) is 36.4 Å². The number of nitrogens with one attached hydrogen (secondary N) is 1. The van der Waals surface area contributed by atoms with E-state index in [0.717, 1.165) is 17.5 Å². The number of hydrogen-bond donors (Lipinski definition) is 2. The lowest BCUT2D eigenvalue weighted by Gasteiger charge is -2.08. The standard InChI is InChI=1S/C22H17ClN2O3/c1-2-13-7-10-20-18(11-13)25-22(28-20)16-12-14(8-9-19(16)26)24-21(27)15-5-3-4-6-17(15)23/h3-12,26H,2H2,1H3,(H,24,27). The molecule has 0 atom stereocenters.